The van der Waals surface area contributed by atoms with Crippen LogP contribution < -0.4 is 4.90 Å². The average Bonchev–Trinajstić information content (AvgIpc) is 2.52. The summed E-state index contributed by atoms with van der Waals surface area (Å²) in [5.41, 5.74) is -1.14. The van der Waals surface area contributed by atoms with E-state index in [0.29, 0.717) is 13.1 Å². The normalized spacial score (nSPS) is 15.0. The first kappa shape index (κ1) is 18.4. The molecule has 1 aromatic heterocycles. The lowest BCUT2D eigenvalue weighted by Crippen LogP contribution is -2.50. The Balaban J connectivity index is 2.14. The molecule has 1 aromatic rings. The second-order valence-corrected chi connectivity index (χ2v) is 6.56. The Morgan fingerprint density at radius 3 is 2.32 bits per heavy atom. The molecule has 0 aromatic carbocycles. The Hall–Kier alpha value is -2.91. The van der Waals surface area contributed by atoms with Crippen LogP contribution in [0, 0.1) is 10.1 Å². The highest BCUT2D eigenvalue weighted by Crippen LogP contribution is 2.27. The molecule has 10 nitrogen and oxygen atoms in total. The van der Waals surface area contributed by atoms with Gasteiger partial charge in [0.25, 0.3) is 0 Å². The monoisotopic (exact) mass is 352 g/mol. The molecule has 1 fully saturated rings. The summed E-state index contributed by atoms with van der Waals surface area (Å²) in [6.07, 6.45) is -0.450. The fourth-order valence-electron chi connectivity index (χ4n) is 2.36. The lowest BCUT2D eigenvalue weighted by Gasteiger charge is -2.35. The lowest BCUT2D eigenvalue weighted by molar-refractivity contribution is -0.384. The van der Waals surface area contributed by atoms with Gasteiger partial charge in [0, 0.05) is 32.2 Å². The molecule has 1 aliphatic heterocycles. The Kier molecular flexibility index (Phi) is 5.10. The van der Waals surface area contributed by atoms with Crippen LogP contribution >= 0.6 is 0 Å². The number of carboxylic acids is 1. The van der Waals surface area contributed by atoms with E-state index in [-0.39, 0.29) is 30.3 Å². The highest BCUT2D eigenvalue weighted by atomic mass is 16.6. The van der Waals surface area contributed by atoms with Gasteiger partial charge in [-0.1, -0.05) is 0 Å². The minimum atomic E-state index is -1.26. The van der Waals surface area contributed by atoms with Crippen molar-refractivity contribution in [2.75, 3.05) is 31.1 Å². The fourth-order valence-corrected chi connectivity index (χ4v) is 2.36. The zero-order chi connectivity index (χ0) is 18.8. The Labute approximate surface area is 144 Å². The Morgan fingerprint density at radius 1 is 1.24 bits per heavy atom. The fraction of sp³-hybridized carbons (Fsp3) is 0.533. The molecule has 0 unspecified atom stereocenters. The van der Waals surface area contributed by atoms with E-state index < -0.39 is 22.6 Å². The summed E-state index contributed by atoms with van der Waals surface area (Å²) in [6.45, 7) is 6.48. The van der Waals surface area contributed by atoms with E-state index in [1.54, 1.807) is 25.7 Å². The molecule has 0 saturated carbocycles. The van der Waals surface area contributed by atoms with E-state index in [2.05, 4.69) is 4.98 Å². The van der Waals surface area contributed by atoms with Crippen LogP contribution in [0.15, 0.2) is 12.1 Å². The zero-order valence-electron chi connectivity index (χ0n) is 14.3. The van der Waals surface area contributed by atoms with Crippen molar-refractivity contribution in [2.24, 2.45) is 0 Å². The quantitative estimate of drug-likeness (QED) is 0.644. The van der Waals surface area contributed by atoms with Crippen molar-refractivity contribution in [1.29, 1.82) is 0 Å². The summed E-state index contributed by atoms with van der Waals surface area (Å²) < 4.78 is 5.30. The van der Waals surface area contributed by atoms with Crippen molar-refractivity contribution < 1.29 is 24.4 Å². The highest BCUT2D eigenvalue weighted by Gasteiger charge is 2.30. The number of anilines is 1. The molecule has 0 radical (unpaired) electrons. The van der Waals surface area contributed by atoms with Gasteiger partial charge < -0.3 is 19.6 Å². The number of carbonyl (C=O) groups excluding carboxylic acids is 1. The van der Waals surface area contributed by atoms with Crippen LogP contribution in [0.2, 0.25) is 0 Å². The highest BCUT2D eigenvalue weighted by molar-refractivity contribution is 5.86. The topological polar surface area (TPSA) is 126 Å². The number of amides is 1. The summed E-state index contributed by atoms with van der Waals surface area (Å²) in [6, 6.07) is 2.23. The van der Waals surface area contributed by atoms with Gasteiger partial charge in [0.05, 0.1) is 4.92 Å². The molecule has 2 rings (SSSR count). The number of carbonyl (C=O) groups is 2. The molecule has 1 saturated heterocycles. The van der Waals surface area contributed by atoms with Crippen molar-refractivity contribution in [3.8, 4) is 0 Å². The number of rotatable bonds is 3. The first-order valence-corrected chi connectivity index (χ1v) is 7.70. The maximum atomic E-state index is 12.1. The summed E-state index contributed by atoms with van der Waals surface area (Å²) >= 11 is 0. The van der Waals surface area contributed by atoms with Crippen LogP contribution in [0.3, 0.4) is 0 Å². The maximum Gasteiger partial charge on any atom is 0.410 e. The second-order valence-electron chi connectivity index (χ2n) is 6.56. The first-order valence-electron chi connectivity index (χ1n) is 7.70. The van der Waals surface area contributed by atoms with Crippen molar-refractivity contribution in [1.82, 2.24) is 9.88 Å². The molecule has 136 valence electrons. The molecular weight excluding hydrogens is 332 g/mol. The van der Waals surface area contributed by atoms with E-state index in [4.69, 9.17) is 9.84 Å². The van der Waals surface area contributed by atoms with Crippen molar-refractivity contribution >= 4 is 23.6 Å². The molecule has 10 heteroatoms. The van der Waals surface area contributed by atoms with Crippen LogP contribution in [-0.4, -0.2) is 63.8 Å². The average molecular weight is 352 g/mol. The van der Waals surface area contributed by atoms with Crippen LogP contribution in [-0.2, 0) is 4.74 Å². The number of nitro groups is 1. The molecule has 25 heavy (non-hydrogen) atoms. The van der Waals surface area contributed by atoms with Crippen molar-refractivity contribution in [3.05, 3.63) is 27.9 Å². The SMILES string of the molecule is CC(C)(C)OC(=O)N1CCN(c2nc(C(=O)O)ccc2[N+](=O)[O-])CC1. The van der Waals surface area contributed by atoms with Crippen LogP contribution in [0.25, 0.3) is 0 Å². The minimum Gasteiger partial charge on any atom is -0.477 e. The third-order valence-electron chi connectivity index (χ3n) is 3.50. The molecule has 0 bridgehead atoms. The van der Waals surface area contributed by atoms with E-state index in [1.807, 2.05) is 0 Å². The molecular formula is C15H20N4O6. The number of aromatic nitrogens is 1. The summed E-state index contributed by atoms with van der Waals surface area (Å²) in [5, 5.41) is 20.2. The number of ether oxygens (including phenoxy) is 1. The second kappa shape index (κ2) is 6.91. The van der Waals surface area contributed by atoms with Gasteiger partial charge in [0.2, 0.25) is 5.82 Å². The van der Waals surface area contributed by atoms with E-state index in [9.17, 15) is 19.7 Å². The van der Waals surface area contributed by atoms with Crippen molar-refractivity contribution in [2.45, 2.75) is 26.4 Å². The summed E-state index contributed by atoms with van der Waals surface area (Å²) in [5.74, 6) is -1.27. The number of pyridine rings is 1. The van der Waals surface area contributed by atoms with Crippen molar-refractivity contribution in [3.63, 3.8) is 0 Å². The zero-order valence-corrected chi connectivity index (χ0v) is 14.3. The van der Waals surface area contributed by atoms with Gasteiger partial charge in [-0.25, -0.2) is 14.6 Å². The molecule has 1 N–H and O–H groups in total. The van der Waals surface area contributed by atoms with Crippen LogP contribution in [0.4, 0.5) is 16.3 Å². The number of nitrogens with zero attached hydrogens (tertiary/aromatic N) is 4. The minimum absolute atomic E-state index is 0.00580. The van der Waals surface area contributed by atoms with Crippen LogP contribution in [0.5, 0.6) is 0 Å². The molecule has 0 atom stereocenters. The van der Waals surface area contributed by atoms with Gasteiger partial charge in [-0.05, 0) is 26.8 Å². The summed E-state index contributed by atoms with van der Waals surface area (Å²) in [4.78, 5) is 40.7. The third kappa shape index (κ3) is 4.55. The Bertz CT molecular complexity index is 692. The lowest BCUT2D eigenvalue weighted by atomic mass is 10.2. The first-order chi connectivity index (χ1) is 11.6. The summed E-state index contributed by atoms with van der Waals surface area (Å²) in [7, 11) is 0. The van der Waals surface area contributed by atoms with Gasteiger partial charge >= 0.3 is 17.7 Å². The Morgan fingerprint density at radius 2 is 1.84 bits per heavy atom. The molecule has 0 spiro atoms. The number of piperazine rings is 1. The van der Waals surface area contributed by atoms with Gasteiger partial charge in [0.1, 0.15) is 5.60 Å². The third-order valence-corrected chi connectivity index (χ3v) is 3.50. The predicted molar refractivity (Wildman–Crippen MR) is 87.9 cm³/mol. The van der Waals surface area contributed by atoms with E-state index >= 15 is 0 Å². The maximum absolute atomic E-state index is 12.1. The van der Waals surface area contributed by atoms with E-state index in [0.717, 1.165) is 12.1 Å². The predicted octanol–water partition coefficient (Wildman–Crippen LogP) is 1.75. The van der Waals surface area contributed by atoms with Gasteiger partial charge in [0.15, 0.2) is 5.69 Å². The standard InChI is InChI=1S/C15H20N4O6/c1-15(2,3)25-14(22)18-8-6-17(7-9-18)12-11(19(23)24)5-4-10(16-12)13(20)21/h4-5H,6-9H2,1-3H3,(H,20,21). The number of hydrogen-bond acceptors (Lipinski definition) is 7. The van der Waals surface area contributed by atoms with Gasteiger partial charge in [-0.2, -0.15) is 0 Å². The molecule has 1 aliphatic rings. The van der Waals surface area contributed by atoms with Gasteiger partial charge in [-0.3, -0.25) is 10.1 Å². The number of carboxylic acid groups (broad SMARTS) is 1. The molecule has 2 heterocycles. The molecule has 0 aliphatic carbocycles. The number of aromatic carboxylic acids is 1. The van der Waals surface area contributed by atoms with Crippen LogP contribution in [0.1, 0.15) is 31.3 Å². The van der Waals surface area contributed by atoms with E-state index in [1.165, 1.54) is 4.90 Å². The van der Waals surface area contributed by atoms with Gasteiger partial charge in [-0.15, -0.1) is 0 Å². The number of hydrogen-bond donors (Lipinski definition) is 1. The molecule has 1 amide bonds. The smallest absolute Gasteiger partial charge is 0.410 e. The largest absolute Gasteiger partial charge is 0.477 e.